The molecule has 0 spiro atoms. The van der Waals surface area contributed by atoms with Crippen molar-refractivity contribution in [2.45, 2.75) is 104 Å². The predicted molar refractivity (Wildman–Crippen MR) is 136 cm³/mol. The Kier molecular flexibility index (Phi) is 6.57. The summed E-state index contributed by atoms with van der Waals surface area (Å²) in [5.41, 5.74) is 0.204. The van der Waals surface area contributed by atoms with Gasteiger partial charge in [-0.1, -0.05) is 13.8 Å². The number of fused-ring (bicyclic) bond motifs is 1. The quantitative estimate of drug-likeness (QED) is 0.594. The second-order valence-electron chi connectivity index (χ2n) is 13.9. The number of amides is 2. The molecule has 6 atom stereocenters. The van der Waals surface area contributed by atoms with E-state index >= 15 is 0 Å². The van der Waals surface area contributed by atoms with Crippen LogP contribution in [0.3, 0.4) is 0 Å². The lowest BCUT2D eigenvalue weighted by atomic mass is 9.63. The summed E-state index contributed by atoms with van der Waals surface area (Å²) in [5, 5.41) is 0. The molecular formula is C29H49N3O2. The Morgan fingerprint density at radius 1 is 0.794 bits per heavy atom. The number of hydrogen-bond acceptors (Lipinski definition) is 3. The van der Waals surface area contributed by atoms with Crippen LogP contribution in [0.1, 0.15) is 92.4 Å². The van der Waals surface area contributed by atoms with E-state index < -0.39 is 0 Å². The van der Waals surface area contributed by atoms with Gasteiger partial charge in [-0.25, -0.2) is 0 Å². The molecule has 3 aliphatic carbocycles. The Bertz CT molecular complexity index is 777. The highest BCUT2D eigenvalue weighted by Crippen LogP contribution is 2.49. The van der Waals surface area contributed by atoms with Gasteiger partial charge in [-0.15, -0.1) is 0 Å². The Morgan fingerprint density at radius 3 is 2.09 bits per heavy atom. The van der Waals surface area contributed by atoms with Gasteiger partial charge in [0.2, 0.25) is 11.8 Å². The summed E-state index contributed by atoms with van der Waals surface area (Å²) < 4.78 is 0. The van der Waals surface area contributed by atoms with Crippen molar-refractivity contribution in [2.75, 3.05) is 32.7 Å². The smallest absolute Gasteiger partial charge is 0.228 e. The van der Waals surface area contributed by atoms with Crippen molar-refractivity contribution >= 4 is 11.8 Å². The van der Waals surface area contributed by atoms with Crippen LogP contribution in [0, 0.1) is 35.0 Å². The average molecular weight is 472 g/mol. The van der Waals surface area contributed by atoms with Crippen LogP contribution in [-0.2, 0) is 9.59 Å². The zero-order chi connectivity index (χ0) is 24.3. The highest BCUT2D eigenvalue weighted by Gasteiger charge is 2.48. The lowest BCUT2D eigenvalue weighted by Crippen LogP contribution is -2.53. The zero-order valence-electron chi connectivity index (χ0n) is 22.5. The zero-order valence-corrected chi connectivity index (χ0v) is 22.5. The molecule has 34 heavy (non-hydrogen) atoms. The number of carbonyl (C=O) groups is 2. The van der Waals surface area contributed by atoms with Gasteiger partial charge in [0.05, 0.1) is 0 Å². The second-order valence-corrected chi connectivity index (χ2v) is 13.9. The van der Waals surface area contributed by atoms with Gasteiger partial charge in [0, 0.05) is 49.1 Å². The van der Waals surface area contributed by atoms with E-state index in [4.69, 9.17) is 0 Å². The molecule has 6 unspecified atom stereocenters. The summed E-state index contributed by atoms with van der Waals surface area (Å²) in [6, 6.07) is 0.803. The van der Waals surface area contributed by atoms with Gasteiger partial charge < -0.3 is 9.80 Å². The van der Waals surface area contributed by atoms with E-state index in [2.05, 4.69) is 44.4 Å². The van der Waals surface area contributed by atoms with E-state index in [-0.39, 0.29) is 11.3 Å². The standard InChI is InChI=1S/C29H49N3O2/c1-20-18-23(26(33)30-14-16-31(17-15-30)27(34)29(5)11-12-29)6-8-24(20)21-7-9-25-22(19-21)10-13-32(25)28(2,3)4/h20-25H,6-19H2,1-5H3. The van der Waals surface area contributed by atoms with Gasteiger partial charge in [0.1, 0.15) is 0 Å². The Hall–Kier alpha value is -1.10. The fraction of sp³-hybridized carbons (Fsp3) is 0.931. The van der Waals surface area contributed by atoms with Crippen LogP contribution in [0.25, 0.3) is 0 Å². The van der Waals surface area contributed by atoms with Crippen molar-refractivity contribution in [3.05, 3.63) is 0 Å². The summed E-state index contributed by atoms with van der Waals surface area (Å²) in [6.07, 6.45) is 11.0. The maximum atomic E-state index is 13.4. The maximum absolute atomic E-state index is 13.4. The molecule has 5 heteroatoms. The number of nitrogens with zero attached hydrogens (tertiary/aromatic N) is 3. The minimum Gasteiger partial charge on any atom is -0.339 e. The van der Waals surface area contributed by atoms with Crippen molar-refractivity contribution in [3.8, 4) is 0 Å². The first-order chi connectivity index (χ1) is 16.1. The normalized spacial score (nSPS) is 38.5. The first-order valence-electron chi connectivity index (χ1n) is 14.4. The second kappa shape index (κ2) is 9.09. The summed E-state index contributed by atoms with van der Waals surface area (Å²) in [4.78, 5) is 32.9. The van der Waals surface area contributed by atoms with Crippen molar-refractivity contribution in [2.24, 2.45) is 35.0 Å². The van der Waals surface area contributed by atoms with Crippen molar-refractivity contribution < 1.29 is 9.59 Å². The Morgan fingerprint density at radius 2 is 1.47 bits per heavy atom. The molecule has 0 aromatic carbocycles. The largest absolute Gasteiger partial charge is 0.339 e. The molecule has 2 aliphatic heterocycles. The number of piperazine rings is 1. The summed E-state index contributed by atoms with van der Waals surface area (Å²) in [7, 11) is 0. The van der Waals surface area contributed by atoms with E-state index in [1.54, 1.807) is 0 Å². The highest BCUT2D eigenvalue weighted by atomic mass is 16.2. The molecule has 192 valence electrons. The number of hydrogen-bond donors (Lipinski definition) is 0. The summed E-state index contributed by atoms with van der Waals surface area (Å²) in [5.74, 6) is 4.11. The van der Waals surface area contributed by atoms with E-state index in [1.807, 2.05) is 4.90 Å². The van der Waals surface area contributed by atoms with E-state index in [0.29, 0.717) is 23.3 Å². The fourth-order valence-electron chi connectivity index (χ4n) is 8.21. The SMILES string of the molecule is CC1CC(C(=O)N2CCN(C(=O)C3(C)CC3)CC2)CCC1C1CCC2C(CCN2C(C)(C)C)C1. The van der Waals surface area contributed by atoms with Gasteiger partial charge in [-0.3, -0.25) is 14.5 Å². The van der Waals surface area contributed by atoms with E-state index in [9.17, 15) is 9.59 Å². The van der Waals surface area contributed by atoms with Crippen LogP contribution in [0.15, 0.2) is 0 Å². The lowest BCUT2D eigenvalue weighted by Gasteiger charge is -2.46. The van der Waals surface area contributed by atoms with E-state index in [0.717, 1.165) is 75.7 Å². The molecule has 5 aliphatic rings. The van der Waals surface area contributed by atoms with E-state index in [1.165, 1.54) is 38.6 Å². The minimum absolute atomic E-state index is 0.0946. The molecule has 3 saturated carbocycles. The van der Waals surface area contributed by atoms with Crippen LogP contribution >= 0.6 is 0 Å². The predicted octanol–water partition coefficient (Wildman–Crippen LogP) is 4.80. The number of rotatable bonds is 3. The van der Waals surface area contributed by atoms with Crippen LogP contribution in [0.2, 0.25) is 0 Å². The highest BCUT2D eigenvalue weighted by molar-refractivity contribution is 5.85. The van der Waals surface area contributed by atoms with Gasteiger partial charge in [-0.05, 0) is 109 Å². The number of carbonyl (C=O) groups excluding carboxylic acids is 2. The van der Waals surface area contributed by atoms with Crippen molar-refractivity contribution in [1.29, 1.82) is 0 Å². The van der Waals surface area contributed by atoms with Gasteiger partial charge >= 0.3 is 0 Å². The first-order valence-corrected chi connectivity index (χ1v) is 14.4. The van der Waals surface area contributed by atoms with Crippen LogP contribution in [-0.4, -0.2) is 70.8 Å². The molecule has 0 radical (unpaired) electrons. The Balaban J connectivity index is 1.10. The molecule has 0 aromatic heterocycles. The van der Waals surface area contributed by atoms with Crippen LogP contribution in [0.5, 0.6) is 0 Å². The third-order valence-electron chi connectivity index (χ3n) is 10.6. The third kappa shape index (κ3) is 4.67. The topological polar surface area (TPSA) is 43.9 Å². The minimum atomic E-state index is -0.0946. The maximum Gasteiger partial charge on any atom is 0.228 e. The Labute approximate surface area is 208 Å². The first kappa shape index (κ1) is 24.6. The molecule has 2 amide bonds. The van der Waals surface area contributed by atoms with Gasteiger partial charge in [0.25, 0.3) is 0 Å². The molecule has 0 aromatic rings. The fourth-order valence-corrected chi connectivity index (χ4v) is 8.21. The van der Waals surface area contributed by atoms with Gasteiger partial charge in [-0.2, -0.15) is 0 Å². The molecule has 5 fully saturated rings. The molecule has 5 rings (SSSR count). The summed E-state index contributed by atoms with van der Waals surface area (Å²) >= 11 is 0. The number of likely N-dealkylation sites (tertiary alicyclic amines) is 1. The molecule has 5 nitrogen and oxygen atoms in total. The monoisotopic (exact) mass is 471 g/mol. The molecular weight excluding hydrogens is 422 g/mol. The molecule has 2 saturated heterocycles. The van der Waals surface area contributed by atoms with Gasteiger partial charge in [0.15, 0.2) is 0 Å². The van der Waals surface area contributed by atoms with Crippen LogP contribution in [0.4, 0.5) is 0 Å². The summed E-state index contributed by atoms with van der Waals surface area (Å²) in [6.45, 7) is 15.8. The van der Waals surface area contributed by atoms with Crippen molar-refractivity contribution in [3.63, 3.8) is 0 Å². The third-order valence-corrected chi connectivity index (χ3v) is 10.6. The molecule has 0 N–H and O–H groups in total. The van der Waals surface area contributed by atoms with Crippen LogP contribution < -0.4 is 0 Å². The molecule has 2 heterocycles. The lowest BCUT2D eigenvalue weighted by molar-refractivity contribution is -0.145. The van der Waals surface area contributed by atoms with Crippen molar-refractivity contribution in [1.82, 2.24) is 14.7 Å². The molecule has 0 bridgehead atoms. The average Bonchev–Trinajstić information content (AvgIpc) is 3.41.